The van der Waals surface area contributed by atoms with E-state index in [1.807, 2.05) is 34.0 Å². The van der Waals surface area contributed by atoms with E-state index in [2.05, 4.69) is 21.4 Å². The number of rotatable bonds is 8. The molecule has 0 aliphatic carbocycles. The number of nitriles is 1. The van der Waals surface area contributed by atoms with E-state index in [-0.39, 0.29) is 5.88 Å². The maximum Gasteiger partial charge on any atom is 0.407 e. The molecule has 9 heteroatoms. The molecule has 1 rings (SSSR count). The number of amides is 1. The summed E-state index contributed by atoms with van der Waals surface area (Å²) in [4.78, 5) is 20.2. The topological polar surface area (TPSA) is 97.1 Å². The second-order valence-corrected chi connectivity index (χ2v) is 7.90. The van der Waals surface area contributed by atoms with Gasteiger partial charge in [-0.3, -0.25) is 0 Å². The van der Waals surface area contributed by atoms with Gasteiger partial charge in [-0.05, 0) is 39.2 Å². The van der Waals surface area contributed by atoms with Crippen LogP contribution in [0.4, 0.5) is 4.79 Å². The Labute approximate surface area is 157 Å². The molecular formula is C16H24N4O3S2. The summed E-state index contributed by atoms with van der Waals surface area (Å²) in [6.07, 6.45) is 1.97. The Morgan fingerprint density at radius 3 is 2.64 bits per heavy atom. The first-order chi connectivity index (χ1) is 11.8. The van der Waals surface area contributed by atoms with Crippen LogP contribution in [-0.4, -0.2) is 46.8 Å². The minimum atomic E-state index is -0.523. The summed E-state index contributed by atoms with van der Waals surface area (Å²) in [6.45, 7) is 8.17. The van der Waals surface area contributed by atoms with Gasteiger partial charge in [0.2, 0.25) is 5.88 Å². The molecule has 0 fully saturated rings. The van der Waals surface area contributed by atoms with Crippen molar-refractivity contribution < 1.29 is 14.3 Å². The van der Waals surface area contributed by atoms with Crippen LogP contribution in [0.2, 0.25) is 0 Å². The van der Waals surface area contributed by atoms with Gasteiger partial charge in [0.05, 0.1) is 6.61 Å². The maximum absolute atomic E-state index is 11.5. The first-order valence-electron chi connectivity index (χ1n) is 7.89. The molecule has 1 heterocycles. The molecule has 0 spiro atoms. The number of alkyl carbamates (subject to hydrolysis) is 1. The van der Waals surface area contributed by atoms with Crippen molar-refractivity contribution in [1.29, 1.82) is 5.26 Å². The minimum absolute atomic E-state index is 0.287. The third-order valence-electron chi connectivity index (χ3n) is 2.63. The Morgan fingerprint density at radius 2 is 2.08 bits per heavy atom. The van der Waals surface area contributed by atoms with Crippen LogP contribution in [0.15, 0.2) is 10.2 Å². The van der Waals surface area contributed by atoms with Gasteiger partial charge in [0.1, 0.15) is 22.3 Å². The molecule has 0 saturated heterocycles. The van der Waals surface area contributed by atoms with Gasteiger partial charge in [-0.15, -0.1) is 11.8 Å². The van der Waals surface area contributed by atoms with Crippen molar-refractivity contribution in [2.24, 2.45) is 0 Å². The fourth-order valence-corrected chi connectivity index (χ4v) is 2.82. The highest BCUT2D eigenvalue weighted by Gasteiger charge is 2.17. The normalized spacial score (nSPS) is 10.9. The molecule has 0 aromatic carbocycles. The van der Waals surface area contributed by atoms with Crippen LogP contribution >= 0.6 is 23.5 Å². The van der Waals surface area contributed by atoms with E-state index in [1.165, 1.54) is 23.5 Å². The number of thioether (sulfide) groups is 2. The lowest BCUT2D eigenvalue weighted by atomic mass is 10.2. The molecular weight excluding hydrogens is 360 g/mol. The SMILES string of the molecule is CCSc1nc(OCCCNC(=O)OC(C)(C)C)c(C#N)c(SC)n1. The van der Waals surface area contributed by atoms with Crippen LogP contribution in [0.1, 0.15) is 39.7 Å². The minimum Gasteiger partial charge on any atom is -0.477 e. The lowest BCUT2D eigenvalue weighted by Crippen LogP contribution is -2.33. The van der Waals surface area contributed by atoms with Crippen molar-refractivity contribution in [3.05, 3.63) is 5.56 Å². The third kappa shape index (κ3) is 7.84. The van der Waals surface area contributed by atoms with Crippen LogP contribution in [0, 0.1) is 11.3 Å². The van der Waals surface area contributed by atoms with E-state index in [4.69, 9.17) is 9.47 Å². The summed E-state index contributed by atoms with van der Waals surface area (Å²) in [5.41, 5.74) is -0.182. The van der Waals surface area contributed by atoms with Gasteiger partial charge in [0, 0.05) is 6.54 Å². The van der Waals surface area contributed by atoms with E-state index in [9.17, 15) is 10.1 Å². The summed E-state index contributed by atoms with van der Waals surface area (Å²) in [7, 11) is 0. The molecule has 25 heavy (non-hydrogen) atoms. The number of carbonyl (C=O) groups excluding carboxylic acids is 1. The Morgan fingerprint density at radius 1 is 1.36 bits per heavy atom. The summed E-state index contributed by atoms with van der Waals surface area (Å²) in [6, 6.07) is 2.10. The highest BCUT2D eigenvalue weighted by atomic mass is 32.2. The van der Waals surface area contributed by atoms with Gasteiger partial charge in [-0.25, -0.2) is 9.78 Å². The van der Waals surface area contributed by atoms with E-state index in [1.54, 1.807) is 0 Å². The van der Waals surface area contributed by atoms with Crippen LogP contribution in [0.3, 0.4) is 0 Å². The van der Waals surface area contributed by atoms with Crippen LogP contribution in [-0.2, 0) is 4.74 Å². The van der Waals surface area contributed by atoms with Gasteiger partial charge < -0.3 is 14.8 Å². The number of nitrogens with zero attached hydrogens (tertiary/aromatic N) is 3. The summed E-state index contributed by atoms with van der Waals surface area (Å²) in [5, 5.41) is 13.2. The molecule has 0 unspecified atom stereocenters. The number of hydrogen-bond acceptors (Lipinski definition) is 8. The quantitative estimate of drug-likeness (QED) is 0.315. The smallest absolute Gasteiger partial charge is 0.407 e. The summed E-state index contributed by atoms with van der Waals surface area (Å²) < 4.78 is 10.8. The zero-order valence-corrected chi connectivity index (χ0v) is 16.8. The van der Waals surface area contributed by atoms with Crippen LogP contribution in [0.25, 0.3) is 0 Å². The fraction of sp³-hybridized carbons (Fsp3) is 0.625. The highest BCUT2D eigenvalue weighted by molar-refractivity contribution is 7.99. The predicted octanol–water partition coefficient (Wildman–Crippen LogP) is 3.48. The Bertz CT molecular complexity index is 627. The number of hydrogen-bond donors (Lipinski definition) is 1. The zero-order chi connectivity index (χ0) is 18.9. The van der Waals surface area contributed by atoms with E-state index < -0.39 is 11.7 Å². The standard InChI is InChI=1S/C16H24N4O3S2/c1-6-25-14-19-12(11(10-17)13(20-14)24-5)22-9-7-8-18-15(21)23-16(2,3)4/h6-9H2,1-5H3,(H,18,21). The number of nitrogens with one attached hydrogen (secondary N) is 1. The molecule has 0 atom stereocenters. The maximum atomic E-state index is 11.5. The summed E-state index contributed by atoms with van der Waals surface area (Å²) >= 11 is 2.88. The molecule has 1 amide bonds. The van der Waals surface area contributed by atoms with Crippen molar-refractivity contribution >= 4 is 29.6 Å². The number of carbonyl (C=O) groups is 1. The lowest BCUT2D eigenvalue weighted by Gasteiger charge is -2.19. The van der Waals surface area contributed by atoms with Gasteiger partial charge in [-0.1, -0.05) is 18.7 Å². The van der Waals surface area contributed by atoms with E-state index >= 15 is 0 Å². The molecule has 0 saturated carbocycles. The van der Waals surface area contributed by atoms with Gasteiger partial charge in [0.15, 0.2) is 5.16 Å². The van der Waals surface area contributed by atoms with Crippen molar-refractivity contribution in [3.8, 4) is 11.9 Å². The third-order valence-corrected chi connectivity index (χ3v) is 4.04. The molecule has 0 aliphatic heterocycles. The molecule has 1 aromatic heterocycles. The second-order valence-electron chi connectivity index (χ2n) is 5.87. The number of aromatic nitrogens is 2. The Kier molecular flexibility index (Phi) is 8.86. The lowest BCUT2D eigenvalue weighted by molar-refractivity contribution is 0.0525. The zero-order valence-electron chi connectivity index (χ0n) is 15.2. The van der Waals surface area contributed by atoms with Gasteiger partial charge in [-0.2, -0.15) is 10.2 Å². The molecule has 0 radical (unpaired) electrons. The van der Waals surface area contributed by atoms with E-state index in [0.717, 1.165) is 5.75 Å². The molecule has 0 aliphatic rings. The largest absolute Gasteiger partial charge is 0.477 e. The monoisotopic (exact) mass is 384 g/mol. The highest BCUT2D eigenvalue weighted by Crippen LogP contribution is 2.28. The molecule has 138 valence electrons. The predicted molar refractivity (Wildman–Crippen MR) is 99.3 cm³/mol. The van der Waals surface area contributed by atoms with Crippen molar-refractivity contribution in [2.75, 3.05) is 25.2 Å². The van der Waals surface area contributed by atoms with Gasteiger partial charge in [0.25, 0.3) is 0 Å². The summed E-state index contributed by atoms with van der Waals surface area (Å²) in [5.74, 6) is 1.12. The van der Waals surface area contributed by atoms with Crippen molar-refractivity contribution in [3.63, 3.8) is 0 Å². The number of ether oxygens (including phenoxy) is 2. The molecule has 7 nitrogen and oxygen atoms in total. The van der Waals surface area contributed by atoms with Crippen LogP contribution in [0.5, 0.6) is 5.88 Å². The second kappa shape index (κ2) is 10.4. The van der Waals surface area contributed by atoms with E-state index in [0.29, 0.717) is 35.3 Å². The van der Waals surface area contributed by atoms with Crippen molar-refractivity contribution in [2.45, 2.75) is 49.9 Å². The fourth-order valence-electron chi connectivity index (χ4n) is 1.69. The first kappa shape index (κ1) is 21.4. The Balaban J connectivity index is 2.58. The molecule has 1 N–H and O–H groups in total. The van der Waals surface area contributed by atoms with Crippen LogP contribution < -0.4 is 10.1 Å². The average Bonchev–Trinajstić information content (AvgIpc) is 2.52. The Hall–Kier alpha value is -1.66. The van der Waals surface area contributed by atoms with Gasteiger partial charge >= 0.3 is 6.09 Å². The average molecular weight is 385 g/mol. The molecule has 0 bridgehead atoms. The van der Waals surface area contributed by atoms with Crippen molar-refractivity contribution in [1.82, 2.24) is 15.3 Å². The molecule has 1 aromatic rings. The first-order valence-corrected chi connectivity index (χ1v) is 10.1.